The zero-order chi connectivity index (χ0) is 41.0. The first-order valence-electron chi connectivity index (χ1n) is 20.8. The Morgan fingerprint density at radius 2 is 1.23 bits per heavy atom. The van der Waals surface area contributed by atoms with E-state index in [1.54, 1.807) is 0 Å². The number of benzene rings is 7. The molecule has 7 aromatic carbocycles. The minimum Gasteiger partial charge on any atom is -0.319 e. The molecule has 0 amide bonds. The predicted octanol–water partition coefficient (Wildman–Crippen LogP) is 13.5. The van der Waals surface area contributed by atoms with E-state index >= 15 is 0 Å². The van der Waals surface area contributed by atoms with Crippen molar-refractivity contribution in [1.29, 1.82) is 0 Å². The molecular formula is C55H47N4OPt-. The molecule has 0 aliphatic carbocycles. The van der Waals surface area contributed by atoms with Crippen molar-refractivity contribution >= 4 is 38.9 Å². The Morgan fingerprint density at radius 1 is 0.590 bits per heavy atom. The van der Waals surface area contributed by atoms with E-state index in [2.05, 4.69) is 232 Å². The van der Waals surface area contributed by atoms with Crippen LogP contribution in [0.25, 0.3) is 38.8 Å². The number of pyridine rings is 1. The third kappa shape index (κ3) is 6.77. The molecule has 0 saturated carbocycles. The van der Waals surface area contributed by atoms with Gasteiger partial charge in [-0.05, 0) is 90.2 Å². The van der Waals surface area contributed by atoms with E-state index in [0.717, 1.165) is 72.5 Å². The van der Waals surface area contributed by atoms with Crippen molar-refractivity contribution in [3.05, 3.63) is 222 Å². The van der Waals surface area contributed by atoms with Crippen LogP contribution in [-0.4, -0.2) is 20.0 Å². The third-order valence-corrected chi connectivity index (χ3v) is 11.8. The van der Waals surface area contributed by atoms with Crippen LogP contribution in [0.5, 0.6) is 0 Å². The maximum absolute atomic E-state index is 5.21. The van der Waals surface area contributed by atoms with Gasteiger partial charge in [0, 0.05) is 43.9 Å². The van der Waals surface area contributed by atoms with Crippen molar-refractivity contribution in [2.24, 2.45) is 0 Å². The van der Waals surface area contributed by atoms with E-state index in [4.69, 9.17) is 9.92 Å². The molecule has 0 atom stereocenters. The van der Waals surface area contributed by atoms with Crippen molar-refractivity contribution in [3.63, 3.8) is 0 Å². The summed E-state index contributed by atoms with van der Waals surface area (Å²) in [4.78, 5) is 10.3. The molecule has 0 fully saturated rings. The molecular weight excluding hydrogens is 928 g/mol. The molecule has 5 nitrogen and oxygen atoms in total. The standard InChI is InChI=1S/C55H46N4O.Pt/c1-38(2)45-25-12-13-26-46(45)39-33-34-56-53(35-39)57-49-28-15-14-27-47(49)48-32-31-43(37-52(48)57)55(40-19-8-6-9-20-40,41-21-10-7-11-22-41)42-23-18-24-44(36-42)58-50-29-16-17-30-51(50)59(60-58)54(3,4)5;/h6-35,38H,1-5H3;/q-2;/p+1. The fourth-order valence-corrected chi connectivity index (χ4v) is 9.11. The van der Waals surface area contributed by atoms with Gasteiger partial charge in [-0.15, -0.1) is 38.8 Å². The van der Waals surface area contributed by atoms with Gasteiger partial charge in [0.05, 0.1) is 0 Å². The molecule has 1 aliphatic rings. The van der Waals surface area contributed by atoms with E-state index in [9.17, 15) is 0 Å². The summed E-state index contributed by atoms with van der Waals surface area (Å²) in [5, 5.41) is 6.41. The molecule has 304 valence electrons. The van der Waals surface area contributed by atoms with Crippen molar-refractivity contribution in [2.75, 3.05) is 10.1 Å². The number of nitrogens with zero attached hydrogens (tertiary/aromatic N) is 4. The average Bonchev–Trinajstić information content (AvgIpc) is 3.85. The van der Waals surface area contributed by atoms with Gasteiger partial charge in [-0.3, -0.25) is 0 Å². The molecule has 0 unspecified atom stereocenters. The van der Waals surface area contributed by atoms with Crippen molar-refractivity contribution in [1.82, 2.24) is 9.55 Å². The fraction of sp³-hybridized carbons (Fsp3) is 0.145. The van der Waals surface area contributed by atoms with Crippen molar-refractivity contribution < 1.29 is 26.0 Å². The number of anilines is 3. The van der Waals surface area contributed by atoms with Crippen LogP contribution in [0.15, 0.2) is 182 Å². The van der Waals surface area contributed by atoms with Gasteiger partial charge in [0.15, 0.2) is 0 Å². The van der Waals surface area contributed by atoms with Gasteiger partial charge in [-0.1, -0.05) is 135 Å². The molecule has 6 heteroatoms. The number of rotatable bonds is 8. The molecule has 10 rings (SSSR count). The van der Waals surface area contributed by atoms with Crippen LogP contribution in [0.3, 0.4) is 0 Å². The molecule has 9 aromatic rings. The number of hydrogen-bond acceptors (Lipinski definition) is 3. The van der Waals surface area contributed by atoms with Crippen LogP contribution in [0, 0.1) is 12.1 Å². The molecule has 61 heavy (non-hydrogen) atoms. The predicted molar refractivity (Wildman–Crippen MR) is 247 cm³/mol. The number of hydrogen-bond donors (Lipinski definition) is 0. The number of hydroxylamine groups is 1. The topological polar surface area (TPSA) is 37.1 Å². The third-order valence-electron chi connectivity index (χ3n) is 11.8. The van der Waals surface area contributed by atoms with E-state index in [0.29, 0.717) is 5.92 Å². The van der Waals surface area contributed by atoms with E-state index in [1.165, 1.54) is 11.1 Å². The molecule has 0 saturated heterocycles. The second kappa shape index (κ2) is 16.0. The van der Waals surface area contributed by atoms with Crippen LogP contribution in [-0.2, 0) is 26.5 Å². The summed E-state index contributed by atoms with van der Waals surface area (Å²) < 4.78 is 2.29. The molecule has 1 N–H and O–H groups in total. The minimum absolute atomic E-state index is 0. The second-order valence-electron chi connectivity index (χ2n) is 16.9. The Morgan fingerprint density at radius 3 is 1.95 bits per heavy atom. The van der Waals surface area contributed by atoms with Crippen LogP contribution in [0.1, 0.15) is 68.4 Å². The van der Waals surface area contributed by atoms with Crippen LogP contribution in [0.4, 0.5) is 17.1 Å². The summed E-state index contributed by atoms with van der Waals surface area (Å²) in [6, 6.07) is 70.8. The SMILES string of the molecule is CC(C)c1ccccc1-c1ccnc(-n2c3[c-]c(C(c4[c-]c(N5[OH+]N(C(C)(C)C)c6ccccc65)ccc4)(c4ccccc4)c4ccccc4)ccc3c3ccccc32)c1.[Pt]. The Kier molecular flexibility index (Phi) is 10.5. The van der Waals surface area contributed by atoms with Gasteiger partial charge in [-0.25, -0.2) is 4.98 Å². The second-order valence-corrected chi connectivity index (χ2v) is 16.9. The van der Waals surface area contributed by atoms with Crippen LogP contribution >= 0.6 is 0 Å². The fourth-order valence-electron chi connectivity index (χ4n) is 9.11. The van der Waals surface area contributed by atoms with Gasteiger partial charge >= 0.3 is 0 Å². The Labute approximate surface area is 373 Å². The summed E-state index contributed by atoms with van der Waals surface area (Å²) >= 11 is 0. The summed E-state index contributed by atoms with van der Waals surface area (Å²) in [6.07, 6.45) is 1.94. The van der Waals surface area contributed by atoms with Gasteiger partial charge in [0.2, 0.25) is 0 Å². The molecule has 0 radical (unpaired) electrons. The molecule has 2 aromatic heterocycles. The first kappa shape index (κ1) is 40.2. The first-order chi connectivity index (χ1) is 29.2. The van der Waals surface area contributed by atoms with Crippen LogP contribution < -0.4 is 10.1 Å². The molecule has 0 spiro atoms. The number of aromatic nitrogens is 2. The zero-order valence-electron chi connectivity index (χ0n) is 35.0. The normalized spacial score (nSPS) is 12.9. The molecule has 0 bridgehead atoms. The van der Waals surface area contributed by atoms with E-state index < -0.39 is 5.41 Å². The molecule has 1 aliphatic heterocycles. The van der Waals surface area contributed by atoms with Gasteiger partial charge < -0.3 is 4.57 Å². The summed E-state index contributed by atoms with van der Waals surface area (Å²) in [7, 11) is 0. The van der Waals surface area contributed by atoms with Gasteiger partial charge in [0.1, 0.15) is 22.7 Å². The summed E-state index contributed by atoms with van der Waals surface area (Å²) in [5.74, 6) is 1.23. The van der Waals surface area contributed by atoms with E-state index in [-0.39, 0.29) is 26.6 Å². The maximum Gasteiger partial charge on any atom is 0.145 e. The first-order valence-corrected chi connectivity index (χ1v) is 20.8. The Hall–Kier alpha value is -6.26. The maximum atomic E-state index is 5.21. The Bertz CT molecular complexity index is 2970. The van der Waals surface area contributed by atoms with Gasteiger partial charge in [-0.2, -0.15) is 35.3 Å². The van der Waals surface area contributed by atoms with E-state index in [1.807, 2.05) is 11.3 Å². The summed E-state index contributed by atoms with van der Waals surface area (Å²) in [6.45, 7) is 11.1. The zero-order valence-corrected chi connectivity index (χ0v) is 37.2. The van der Waals surface area contributed by atoms with Gasteiger partial charge in [0.25, 0.3) is 0 Å². The number of para-hydroxylation sites is 3. The average molecular weight is 975 g/mol. The summed E-state index contributed by atoms with van der Waals surface area (Å²) in [5.41, 5.74) is 11.9. The smallest absolute Gasteiger partial charge is 0.145 e. The minimum atomic E-state index is -0.817. The van der Waals surface area contributed by atoms with Crippen molar-refractivity contribution in [2.45, 2.75) is 51.5 Å². The molecule has 3 heterocycles. The van der Waals surface area contributed by atoms with Crippen LogP contribution in [0.2, 0.25) is 0 Å². The Balaban J connectivity index is 0.00000476. The largest absolute Gasteiger partial charge is 0.319 e. The monoisotopic (exact) mass is 974 g/mol. The number of fused-ring (bicyclic) bond motifs is 4. The quantitative estimate of drug-likeness (QED) is 0.0865. The van der Waals surface area contributed by atoms with Crippen molar-refractivity contribution in [3.8, 4) is 16.9 Å².